The molecule has 30 heavy (non-hydrogen) atoms. The molecule has 0 bridgehead atoms. The van der Waals surface area contributed by atoms with Gasteiger partial charge in [-0.25, -0.2) is 8.42 Å². The van der Waals surface area contributed by atoms with E-state index in [0.29, 0.717) is 18.4 Å². The summed E-state index contributed by atoms with van der Waals surface area (Å²) in [6.07, 6.45) is 0.178. The van der Waals surface area contributed by atoms with Crippen molar-refractivity contribution in [3.8, 4) is 0 Å². The molecule has 1 aliphatic rings. The van der Waals surface area contributed by atoms with Crippen molar-refractivity contribution in [3.05, 3.63) is 66.2 Å². The largest absolute Gasteiger partial charge is 0.469 e. The summed E-state index contributed by atoms with van der Waals surface area (Å²) in [7, 11) is -2.93. The molecule has 3 rings (SSSR count). The van der Waals surface area contributed by atoms with E-state index in [1.54, 1.807) is 42.5 Å². The highest BCUT2D eigenvalue weighted by atomic mass is 32.2. The second-order valence-electron chi connectivity index (χ2n) is 7.49. The van der Waals surface area contributed by atoms with Gasteiger partial charge in [0.05, 0.1) is 18.4 Å². The highest BCUT2D eigenvalue weighted by molar-refractivity contribution is 7.93. The van der Waals surface area contributed by atoms with Crippen LogP contribution >= 0.6 is 0 Å². The number of sulfone groups is 1. The molecule has 0 radical (unpaired) electrons. The van der Waals surface area contributed by atoms with Crippen molar-refractivity contribution in [1.82, 2.24) is 0 Å². The lowest BCUT2D eigenvalue weighted by Crippen LogP contribution is -2.52. The molecule has 0 amide bonds. The van der Waals surface area contributed by atoms with Gasteiger partial charge in [-0.2, -0.15) is 0 Å². The molecule has 3 atom stereocenters. The van der Waals surface area contributed by atoms with E-state index in [2.05, 4.69) is 0 Å². The number of hydrogen-bond acceptors (Lipinski definition) is 6. The van der Waals surface area contributed by atoms with Crippen LogP contribution in [0, 0.1) is 5.92 Å². The fraction of sp³-hybridized carbons (Fsp3) is 0.391. The summed E-state index contributed by atoms with van der Waals surface area (Å²) in [5, 5.41) is 0. The van der Waals surface area contributed by atoms with Crippen molar-refractivity contribution >= 4 is 21.8 Å². The zero-order valence-electron chi connectivity index (χ0n) is 17.1. The second kappa shape index (κ2) is 9.00. The SMILES string of the molecule is CCC[C@H]1OC(=O)[C@@](Cc2ccccc2)(S(=O)(=O)c2ccccc2)[C@@H]1CC(=O)OC. The summed E-state index contributed by atoms with van der Waals surface area (Å²) in [5.74, 6) is -2.23. The van der Waals surface area contributed by atoms with Gasteiger partial charge in [0.25, 0.3) is 0 Å². The molecule has 0 saturated carbocycles. The Morgan fingerprint density at radius 1 is 1.07 bits per heavy atom. The molecule has 2 aromatic carbocycles. The van der Waals surface area contributed by atoms with Gasteiger partial charge < -0.3 is 9.47 Å². The summed E-state index contributed by atoms with van der Waals surface area (Å²) >= 11 is 0. The van der Waals surface area contributed by atoms with E-state index in [-0.39, 0.29) is 17.7 Å². The minimum atomic E-state index is -4.18. The number of carbonyl (C=O) groups is 2. The van der Waals surface area contributed by atoms with E-state index < -0.39 is 38.5 Å². The average molecular weight is 431 g/mol. The number of methoxy groups -OCH3 is 1. The maximum absolute atomic E-state index is 13.9. The van der Waals surface area contributed by atoms with Crippen LogP contribution in [0.15, 0.2) is 65.6 Å². The fourth-order valence-electron chi connectivity index (χ4n) is 4.19. The monoisotopic (exact) mass is 430 g/mol. The normalized spacial score (nSPS) is 23.7. The highest BCUT2D eigenvalue weighted by Gasteiger charge is 2.65. The van der Waals surface area contributed by atoms with Crippen molar-refractivity contribution in [2.75, 3.05) is 7.11 Å². The van der Waals surface area contributed by atoms with Gasteiger partial charge in [-0.05, 0) is 24.1 Å². The minimum absolute atomic E-state index is 0.0323. The van der Waals surface area contributed by atoms with Gasteiger partial charge in [-0.15, -0.1) is 0 Å². The topological polar surface area (TPSA) is 86.7 Å². The van der Waals surface area contributed by atoms with Gasteiger partial charge in [0.1, 0.15) is 6.10 Å². The van der Waals surface area contributed by atoms with Crippen molar-refractivity contribution in [1.29, 1.82) is 0 Å². The van der Waals surface area contributed by atoms with Gasteiger partial charge in [-0.3, -0.25) is 9.59 Å². The summed E-state index contributed by atoms with van der Waals surface area (Å²) < 4.78 is 36.4. The molecule has 1 aliphatic heterocycles. The van der Waals surface area contributed by atoms with Crippen LogP contribution in [0.5, 0.6) is 0 Å². The third kappa shape index (κ3) is 3.86. The van der Waals surface area contributed by atoms with Crippen molar-refractivity contribution in [2.45, 2.75) is 48.4 Å². The molecule has 6 nitrogen and oxygen atoms in total. The van der Waals surface area contributed by atoms with Crippen LogP contribution in [-0.2, 0) is 35.3 Å². The summed E-state index contributed by atoms with van der Waals surface area (Å²) in [6.45, 7) is 1.92. The van der Waals surface area contributed by atoms with Gasteiger partial charge in [0.15, 0.2) is 14.6 Å². The lowest BCUT2D eigenvalue weighted by molar-refractivity contribution is -0.144. The Bertz CT molecular complexity index is 987. The first-order chi connectivity index (χ1) is 14.4. The molecule has 1 fully saturated rings. The van der Waals surface area contributed by atoms with Crippen LogP contribution in [0.4, 0.5) is 0 Å². The minimum Gasteiger partial charge on any atom is -0.469 e. The number of hydrogen-bond donors (Lipinski definition) is 0. The number of benzene rings is 2. The Kier molecular flexibility index (Phi) is 6.61. The Morgan fingerprint density at radius 2 is 1.67 bits per heavy atom. The predicted octanol–water partition coefficient (Wildman–Crippen LogP) is 3.35. The van der Waals surface area contributed by atoms with E-state index in [9.17, 15) is 18.0 Å². The maximum atomic E-state index is 13.9. The molecule has 0 spiro atoms. The zero-order valence-corrected chi connectivity index (χ0v) is 17.9. The number of carbonyl (C=O) groups excluding carboxylic acids is 2. The Hall–Kier alpha value is -2.67. The van der Waals surface area contributed by atoms with E-state index in [4.69, 9.17) is 9.47 Å². The summed E-state index contributed by atoms with van der Waals surface area (Å²) in [4.78, 5) is 25.6. The quantitative estimate of drug-likeness (QED) is 0.597. The van der Waals surface area contributed by atoms with Crippen LogP contribution in [0.1, 0.15) is 31.7 Å². The van der Waals surface area contributed by atoms with E-state index in [1.807, 2.05) is 13.0 Å². The molecule has 0 aromatic heterocycles. The second-order valence-corrected chi connectivity index (χ2v) is 9.69. The van der Waals surface area contributed by atoms with Crippen LogP contribution in [-0.4, -0.2) is 38.3 Å². The molecule has 1 heterocycles. The van der Waals surface area contributed by atoms with Crippen LogP contribution in [0.2, 0.25) is 0 Å². The van der Waals surface area contributed by atoms with Crippen LogP contribution in [0.3, 0.4) is 0 Å². The summed E-state index contributed by atoms with van der Waals surface area (Å²) in [5.41, 5.74) is 0.681. The zero-order chi connectivity index (χ0) is 21.8. The number of ether oxygens (including phenoxy) is 2. The lowest BCUT2D eigenvalue weighted by Gasteiger charge is -2.32. The maximum Gasteiger partial charge on any atom is 0.328 e. The van der Waals surface area contributed by atoms with E-state index in [1.165, 1.54) is 19.2 Å². The number of cyclic esters (lactones) is 1. The van der Waals surface area contributed by atoms with E-state index in [0.717, 1.165) is 0 Å². The third-order valence-electron chi connectivity index (χ3n) is 5.68. The smallest absolute Gasteiger partial charge is 0.328 e. The number of esters is 2. The molecular formula is C23H26O6S. The van der Waals surface area contributed by atoms with Gasteiger partial charge >= 0.3 is 11.9 Å². The standard InChI is InChI=1S/C23H26O6S/c1-3-10-20-19(15-21(24)28-2)23(22(25)29-20,16-17-11-6-4-7-12-17)30(26,27)18-13-8-5-9-14-18/h4-9,11-14,19-20H,3,10,15-16H2,1-2H3/t19-,20-,23+/m1/s1. The molecule has 160 valence electrons. The first-order valence-corrected chi connectivity index (χ1v) is 11.5. The highest BCUT2D eigenvalue weighted by Crippen LogP contribution is 2.47. The first-order valence-electron chi connectivity index (χ1n) is 9.98. The predicted molar refractivity (Wildman–Crippen MR) is 111 cm³/mol. The average Bonchev–Trinajstić information content (AvgIpc) is 3.01. The molecule has 0 aliphatic carbocycles. The first kappa shape index (κ1) is 22.0. The molecule has 7 heteroatoms. The third-order valence-corrected chi connectivity index (χ3v) is 8.15. The van der Waals surface area contributed by atoms with Gasteiger partial charge in [0, 0.05) is 12.3 Å². The Balaban J connectivity index is 2.22. The molecule has 1 saturated heterocycles. The molecular weight excluding hydrogens is 404 g/mol. The van der Waals surface area contributed by atoms with Crippen molar-refractivity contribution in [2.24, 2.45) is 5.92 Å². The molecule has 0 unspecified atom stereocenters. The van der Waals surface area contributed by atoms with Crippen LogP contribution < -0.4 is 0 Å². The molecule has 0 N–H and O–H groups in total. The summed E-state index contributed by atoms with van der Waals surface area (Å²) in [6, 6.07) is 16.8. The number of rotatable bonds is 8. The lowest BCUT2D eigenvalue weighted by atomic mass is 9.81. The van der Waals surface area contributed by atoms with Gasteiger partial charge in [0.2, 0.25) is 0 Å². The molecule has 2 aromatic rings. The Labute approximate surface area is 177 Å². The van der Waals surface area contributed by atoms with E-state index >= 15 is 0 Å². The van der Waals surface area contributed by atoms with Crippen LogP contribution in [0.25, 0.3) is 0 Å². The Morgan fingerprint density at radius 3 is 2.23 bits per heavy atom. The fourth-order valence-corrected chi connectivity index (χ4v) is 6.39. The van der Waals surface area contributed by atoms with Crippen molar-refractivity contribution in [3.63, 3.8) is 0 Å². The van der Waals surface area contributed by atoms with Crippen molar-refractivity contribution < 1.29 is 27.5 Å². The van der Waals surface area contributed by atoms with Gasteiger partial charge in [-0.1, -0.05) is 61.9 Å².